The van der Waals surface area contributed by atoms with Crippen molar-refractivity contribution >= 4 is 24.6 Å². The van der Waals surface area contributed by atoms with Crippen LogP contribution >= 0.6 is 11.6 Å². The van der Waals surface area contributed by atoms with Gasteiger partial charge in [-0.15, -0.1) is 0 Å². The van der Waals surface area contributed by atoms with Crippen LogP contribution in [0.4, 0.5) is 0 Å². The lowest BCUT2D eigenvalue weighted by Crippen LogP contribution is -2.57. The monoisotopic (exact) mass is 404 g/mol. The van der Waals surface area contributed by atoms with Crippen LogP contribution in [-0.2, 0) is 11.3 Å². The maximum Gasteiger partial charge on any atom is 0.376 e. The summed E-state index contributed by atoms with van der Waals surface area (Å²) in [5.41, 5.74) is 1.14. The first kappa shape index (κ1) is 20.4. The van der Waals surface area contributed by atoms with Crippen molar-refractivity contribution in [1.82, 2.24) is 9.79 Å². The number of nitrogens with zero attached hydrogens (tertiary/aromatic N) is 2. The van der Waals surface area contributed by atoms with E-state index in [1.807, 2.05) is 4.81 Å². The fourth-order valence-corrected chi connectivity index (χ4v) is 3.10. The summed E-state index contributed by atoms with van der Waals surface area (Å²) >= 11 is 6.16. The lowest BCUT2D eigenvalue weighted by atomic mass is 9.78. The predicted molar refractivity (Wildman–Crippen MR) is 106 cm³/mol. The van der Waals surface area contributed by atoms with Crippen molar-refractivity contribution in [3.8, 4) is 11.5 Å². The minimum atomic E-state index is -0.472. The Bertz CT molecular complexity index is 818. The zero-order chi connectivity index (χ0) is 20.1. The van der Waals surface area contributed by atoms with Gasteiger partial charge in [0.2, 0.25) is 0 Å². The fraction of sp³-hybridized carbons (Fsp3) is 0.368. The Morgan fingerprint density at radius 3 is 2.68 bits per heavy atom. The Morgan fingerprint density at radius 2 is 2.07 bits per heavy atom. The highest BCUT2D eigenvalue weighted by atomic mass is 35.5. The van der Waals surface area contributed by atoms with Gasteiger partial charge in [-0.2, -0.15) is 0 Å². The highest BCUT2D eigenvalue weighted by Gasteiger charge is 2.33. The highest BCUT2D eigenvalue weighted by molar-refractivity contribution is 6.45. The molecule has 1 N–H and O–H groups in total. The molecule has 0 spiro atoms. The molecule has 0 amide bonds. The van der Waals surface area contributed by atoms with E-state index in [0.29, 0.717) is 34.4 Å². The van der Waals surface area contributed by atoms with E-state index in [4.69, 9.17) is 21.1 Å². The Hall–Kier alpha value is -2.29. The second-order valence-corrected chi connectivity index (χ2v) is 6.91. The predicted octanol–water partition coefficient (Wildman–Crippen LogP) is 2.66. The first-order valence-corrected chi connectivity index (χ1v) is 9.38. The van der Waals surface area contributed by atoms with Gasteiger partial charge < -0.3 is 24.0 Å². The molecule has 2 aromatic rings. The van der Waals surface area contributed by atoms with Crippen molar-refractivity contribution in [3.05, 3.63) is 52.8 Å². The third-order valence-corrected chi connectivity index (χ3v) is 5.01. The smallest absolute Gasteiger partial charge is 0.376 e. The van der Waals surface area contributed by atoms with Crippen LogP contribution in [-0.4, -0.2) is 54.1 Å². The molecular weight excluding hydrogens is 382 g/mol. The first-order valence-electron chi connectivity index (χ1n) is 9.00. The number of ether oxygens (including phenoxy) is 3. The second-order valence-electron chi connectivity index (χ2n) is 6.55. The van der Waals surface area contributed by atoms with E-state index in [1.165, 1.54) is 7.11 Å². The zero-order valence-electron chi connectivity index (χ0n) is 15.8. The molecule has 28 heavy (non-hydrogen) atoms. The second kappa shape index (κ2) is 9.27. The molecule has 9 heteroatoms. The van der Waals surface area contributed by atoms with Gasteiger partial charge in [-0.25, -0.2) is 9.78 Å². The number of carbonyl (C=O) groups excluding carboxylic acids is 1. The van der Waals surface area contributed by atoms with Crippen LogP contribution in [0.2, 0.25) is 12.0 Å². The van der Waals surface area contributed by atoms with E-state index in [2.05, 4.69) is 9.72 Å². The van der Waals surface area contributed by atoms with Crippen LogP contribution in [0.1, 0.15) is 22.3 Å². The molecule has 1 saturated heterocycles. The summed E-state index contributed by atoms with van der Waals surface area (Å²) in [5, 5.41) is 10.00. The normalized spacial score (nSPS) is 16.2. The summed E-state index contributed by atoms with van der Waals surface area (Å²) in [4.78, 5) is 17.6. The van der Waals surface area contributed by atoms with Crippen LogP contribution in [0.25, 0.3) is 0 Å². The Morgan fingerprint density at radius 1 is 1.32 bits per heavy atom. The van der Waals surface area contributed by atoms with Crippen LogP contribution in [0.5, 0.6) is 11.5 Å². The van der Waals surface area contributed by atoms with Gasteiger partial charge in [0.1, 0.15) is 29.9 Å². The van der Waals surface area contributed by atoms with E-state index in [-0.39, 0.29) is 12.6 Å². The summed E-state index contributed by atoms with van der Waals surface area (Å²) in [6.07, 6.45) is 2.56. The number of esters is 1. The maximum absolute atomic E-state index is 11.5. The van der Waals surface area contributed by atoms with Gasteiger partial charge in [0.05, 0.1) is 18.9 Å². The standard InChI is InChI=1S/C19H22BClN2O5/c1-20(25)23-8-7-15(23)12-28-17-9-14(18(21)22-10-17)11-27-16-5-3-13(4-6-16)19(24)26-2/h3-6,9-10,15,25H,7-8,11-12H2,1-2H3/t15-/m0/s1. The van der Waals surface area contributed by atoms with Gasteiger partial charge in [0, 0.05) is 11.6 Å². The summed E-state index contributed by atoms with van der Waals surface area (Å²) in [6, 6.07) is 8.64. The Balaban J connectivity index is 1.56. The van der Waals surface area contributed by atoms with Gasteiger partial charge in [0.15, 0.2) is 0 Å². The molecule has 0 radical (unpaired) electrons. The van der Waals surface area contributed by atoms with E-state index in [1.54, 1.807) is 43.4 Å². The molecule has 1 aliphatic rings. The van der Waals surface area contributed by atoms with Gasteiger partial charge in [0.25, 0.3) is 0 Å². The number of rotatable bonds is 8. The summed E-state index contributed by atoms with van der Waals surface area (Å²) < 4.78 is 16.2. The molecule has 2 heterocycles. The quantitative estimate of drug-likeness (QED) is 0.411. The van der Waals surface area contributed by atoms with Gasteiger partial charge in [-0.1, -0.05) is 11.6 Å². The van der Waals surface area contributed by atoms with Crippen molar-refractivity contribution in [3.63, 3.8) is 0 Å². The molecule has 0 unspecified atom stereocenters. The third kappa shape index (κ3) is 4.95. The molecule has 1 atom stereocenters. The van der Waals surface area contributed by atoms with Gasteiger partial charge in [-0.05, 0) is 50.1 Å². The highest BCUT2D eigenvalue weighted by Crippen LogP contribution is 2.24. The van der Waals surface area contributed by atoms with Crippen LogP contribution in [0.15, 0.2) is 36.5 Å². The molecule has 3 rings (SSSR count). The Kier molecular flexibility index (Phi) is 6.77. The van der Waals surface area contributed by atoms with E-state index >= 15 is 0 Å². The van der Waals surface area contributed by atoms with E-state index < -0.39 is 13.0 Å². The third-order valence-electron chi connectivity index (χ3n) is 4.67. The molecule has 7 nitrogen and oxygen atoms in total. The first-order chi connectivity index (χ1) is 13.5. The fourth-order valence-electron chi connectivity index (χ4n) is 2.94. The largest absolute Gasteiger partial charge is 0.490 e. The molecule has 0 bridgehead atoms. The molecule has 1 aliphatic heterocycles. The minimum Gasteiger partial charge on any atom is -0.490 e. The Labute approximate surface area is 169 Å². The van der Waals surface area contributed by atoms with Crippen LogP contribution < -0.4 is 9.47 Å². The molecule has 1 aromatic heterocycles. The van der Waals surface area contributed by atoms with Crippen molar-refractivity contribution in [1.29, 1.82) is 0 Å². The van der Waals surface area contributed by atoms with E-state index in [9.17, 15) is 9.82 Å². The number of hydrogen-bond acceptors (Lipinski definition) is 7. The molecule has 0 aliphatic carbocycles. The number of methoxy groups -OCH3 is 1. The zero-order valence-corrected chi connectivity index (χ0v) is 16.6. The molecule has 1 fully saturated rings. The minimum absolute atomic E-state index is 0.198. The summed E-state index contributed by atoms with van der Waals surface area (Å²) in [7, 11) is 0.865. The average molecular weight is 405 g/mol. The maximum atomic E-state index is 11.5. The topological polar surface area (TPSA) is 81.1 Å². The number of hydrogen-bond donors (Lipinski definition) is 1. The summed E-state index contributed by atoms with van der Waals surface area (Å²) in [6.45, 7) is 3.31. The number of halogens is 1. The van der Waals surface area contributed by atoms with Crippen LogP contribution in [0.3, 0.4) is 0 Å². The average Bonchev–Trinajstić information content (AvgIpc) is 2.66. The molecular formula is C19H22BClN2O5. The van der Waals surface area contributed by atoms with E-state index in [0.717, 1.165) is 13.0 Å². The van der Waals surface area contributed by atoms with Crippen LogP contribution in [0, 0.1) is 0 Å². The summed E-state index contributed by atoms with van der Waals surface area (Å²) in [5.74, 6) is 0.794. The molecule has 1 aromatic carbocycles. The lowest BCUT2D eigenvalue weighted by molar-refractivity contribution is 0.0600. The van der Waals surface area contributed by atoms with Crippen molar-refractivity contribution < 1.29 is 24.0 Å². The number of carbonyl (C=O) groups is 1. The number of aromatic nitrogens is 1. The van der Waals surface area contributed by atoms with Gasteiger partial charge >= 0.3 is 13.0 Å². The van der Waals surface area contributed by atoms with Crippen molar-refractivity contribution in [2.75, 3.05) is 20.3 Å². The van der Waals surface area contributed by atoms with Crippen molar-refractivity contribution in [2.45, 2.75) is 25.9 Å². The lowest BCUT2D eigenvalue weighted by Gasteiger charge is -2.41. The van der Waals surface area contributed by atoms with Gasteiger partial charge in [-0.3, -0.25) is 0 Å². The molecule has 0 saturated carbocycles. The SMILES string of the molecule is COC(=O)c1ccc(OCc2cc(OC[C@@H]3CCN3B(C)O)cnc2Cl)cc1. The number of benzene rings is 1. The van der Waals surface area contributed by atoms with Crippen molar-refractivity contribution in [2.24, 2.45) is 0 Å². The molecule has 148 valence electrons. The number of pyridine rings is 1.